The fraction of sp³-hybridized carbons (Fsp3) is 0.757. The Morgan fingerprint density at radius 3 is 2.24 bits per heavy atom. The number of rotatable bonds is 3. The summed E-state index contributed by atoms with van der Waals surface area (Å²) in [5.74, 6) is 0.877. The molecule has 0 saturated heterocycles. The first-order valence-corrected chi connectivity index (χ1v) is 16.4. The molecule has 2 unspecified atom stereocenters. The van der Waals surface area contributed by atoms with Crippen LogP contribution in [0.3, 0.4) is 0 Å². The minimum absolute atomic E-state index is 0.00418. The topological polar surface area (TPSA) is 66.8 Å². The fourth-order valence-electron chi connectivity index (χ4n) is 11.6. The summed E-state index contributed by atoms with van der Waals surface area (Å²) in [6.45, 7) is 17.0. The zero-order valence-electron chi connectivity index (χ0n) is 26.7. The van der Waals surface area contributed by atoms with Gasteiger partial charge in [0.05, 0.1) is 17.6 Å². The highest BCUT2D eigenvalue weighted by atomic mass is 16.5. The lowest BCUT2D eigenvalue weighted by Gasteiger charge is -2.71. The van der Waals surface area contributed by atoms with E-state index in [1.54, 1.807) is 5.57 Å². The van der Waals surface area contributed by atoms with Gasteiger partial charge in [-0.05, 0) is 109 Å². The second kappa shape index (κ2) is 9.42. The number of hydrogen-bond acceptors (Lipinski definition) is 4. The predicted molar refractivity (Wildman–Crippen MR) is 163 cm³/mol. The lowest BCUT2D eigenvalue weighted by atomic mass is 9.34. The van der Waals surface area contributed by atoms with E-state index in [0.29, 0.717) is 24.9 Å². The summed E-state index contributed by atoms with van der Waals surface area (Å²) < 4.78 is 6.15. The van der Waals surface area contributed by atoms with Crippen LogP contribution in [0.15, 0.2) is 41.5 Å². The third kappa shape index (κ3) is 4.09. The Balaban J connectivity index is 1.39. The zero-order chi connectivity index (χ0) is 29.6. The lowest BCUT2D eigenvalue weighted by molar-refractivity contribution is -0.233. The van der Waals surface area contributed by atoms with E-state index in [1.807, 2.05) is 30.3 Å². The first kappa shape index (κ1) is 29.4. The molecule has 0 aliphatic heterocycles. The largest absolute Gasteiger partial charge is 0.460 e. The Kier molecular flexibility index (Phi) is 6.76. The van der Waals surface area contributed by atoms with E-state index in [9.17, 15) is 15.0 Å². The summed E-state index contributed by atoms with van der Waals surface area (Å²) in [6, 6.07) is 10.1. The molecule has 0 bridgehead atoms. The Labute approximate surface area is 248 Å². The molecular weight excluding hydrogens is 508 g/mol. The Hall–Kier alpha value is -1.65. The number of hydrogen-bond donors (Lipinski definition) is 2. The van der Waals surface area contributed by atoms with Crippen LogP contribution in [0.2, 0.25) is 0 Å². The van der Waals surface area contributed by atoms with E-state index in [1.165, 1.54) is 5.57 Å². The van der Waals surface area contributed by atoms with Crippen molar-refractivity contribution in [2.45, 2.75) is 131 Å². The molecule has 8 atom stereocenters. The van der Waals surface area contributed by atoms with E-state index in [2.05, 4.69) is 48.5 Å². The van der Waals surface area contributed by atoms with Gasteiger partial charge in [0.15, 0.2) is 0 Å². The van der Waals surface area contributed by atoms with Gasteiger partial charge in [0.2, 0.25) is 0 Å². The van der Waals surface area contributed by atoms with Crippen molar-refractivity contribution >= 4 is 5.97 Å². The quantitative estimate of drug-likeness (QED) is 0.289. The molecule has 6 rings (SSSR count). The van der Waals surface area contributed by atoms with Gasteiger partial charge >= 0.3 is 5.97 Å². The molecule has 5 aliphatic rings. The summed E-state index contributed by atoms with van der Waals surface area (Å²) in [5.41, 5.74) is 3.55. The minimum atomic E-state index is -0.668. The number of carbonyl (C=O) groups is 1. The number of esters is 1. The van der Waals surface area contributed by atoms with E-state index in [4.69, 9.17) is 4.74 Å². The van der Waals surface area contributed by atoms with Crippen LogP contribution < -0.4 is 0 Å². The lowest BCUT2D eigenvalue weighted by Crippen LogP contribution is -2.66. The Morgan fingerprint density at radius 2 is 1.54 bits per heavy atom. The smallest absolute Gasteiger partial charge is 0.316 e. The molecule has 4 nitrogen and oxygen atoms in total. The van der Waals surface area contributed by atoms with Gasteiger partial charge in [0, 0.05) is 0 Å². The van der Waals surface area contributed by atoms with Crippen molar-refractivity contribution in [1.29, 1.82) is 0 Å². The molecule has 226 valence electrons. The number of fused-ring (bicyclic) bond motifs is 6. The van der Waals surface area contributed by atoms with Gasteiger partial charge in [-0.25, -0.2) is 0 Å². The highest BCUT2D eigenvalue weighted by molar-refractivity contribution is 5.82. The van der Waals surface area contributed by atoms with Gasteiger partial charge in [-0.2, -0.15) is 0 Å². The molecule has 4 saturated carbocycles. The van der Waals surface area contributed by atoms with E-state index < -0.39 is 17.6 Å². The highest BCUT2D eigenvalue weighted by Gasteiger charge is 2.69. The van der Waals surface area contributed by atoms with Gasteiger partial charge in [0.1, 0.15) is 6.61 Å². The zero-order valence-corrected chi connectivity index (χ0v) is 26.7. The number of benzene rings is 1. The van der Waals surface area contributed by atoms with Crippen LogP contribution in [-0.2, 0) is 16.1 Å². The molecule has 0 heterocycles. The Bertz CT molecular complexity index is 1230. The average molecular weight is 563 g/mol. The number of ether oxygens (including phenoxy) is 1. The number of allylic oxidation sites excluding steroid dienone is 1. The van der Waals surface area contributed by atoms with Gasteiger partial charge in [-0.3, -0.25) is 4.79 Å². The first-order valence-electron chi connectivity index (χ1n) is 16.4. The van der Waals surface area contributed by atoms with Gasteiger partial charge in [-0.1, -0.05) is 89.9 Å². The third-order valence-corrected chi connectivity index (χ3v) is 14.1. The summed E-state index contributed by atoms with van der Waals surface area (Å²) in [4.78, 5) is 14.1. The summed E-state index contributed by atoms with van der Waals surface area (Å²) in [5, 5.41) is 22.1. The molecule has 1 aromatic carbocycles. The van der Waals surface area contributed by atoms with Gasteiger partial charge in [-0.15, -0.1) is 0 Å². The summed E-state index contributed by atoms with van der Waals surface area (Å²) in [7, 11) is 0. The average Bonchev–Trinajstić information content (AvgIpc) is 2.91. The van der Waals surface area contributed by atoms with Crippen molar-refractivity contribution in [2.24, 2.45) is 44.3 Å². The van der Waals surface area contributed by atoms with Crippen molar-refractivity contribution < 1.29 is 19.7 Å². The molecule has 0 amide bonds. The minimum Gasteiger partial charge on any atom is -0.460 e. The van der Waals surface area contributed by atoms with Crippen LogP contribution in [0.25, 0.3) is 0 Å². The molecule has 5 aliphatic carbocycles. The van der Waals surface area contributed by atoms with E-state index in [0.717, 1.165) is 63.4 Å². The number of carbonyl (C=O) groups excluding carboxylic acids is 1. The second-order valence-corrected chi connectivity index (χ2v) is 16.9. The normalized spacial score (nSPS) is 44.6. The maximum absolute atomic E-state index is 14.1. The van der Waals surface area contributed by atoms with Crippen LogP contribution in [0.5, 0.6) is 0 Å². The third-order valence-electron chi connectivity index (χ3n) is 14.1. The molecule has 0 radical (unpaired) electrons. The van der Waals surface area contributed by atoms with Crippen molar-refractivity contribution in [3.05, 3.63) is 47.0 Å². The Morgan fingerprint density at radius 1 is 0.854 bits per heavy atom. The molecule has 0 spiro atoms. The standard InChI is InChI=1S/C37H54O4/c1-32(2)17-19-37(31(40)41-23-24-11-9-8-10-12-24)20-18-35(6)25(26(37)21-32)13-14-29-34(5)22-27(38)30(39)33(3,4)28(34)15-16-36(29,35)7/h8-12,27-30,38-39H,13-23H2,1-7H3/t27-,28?,29?,30-,34+,35-,36-,37+/m1/s1. The molecule has 0 aromatic heterocycles. The molecule has 2 N–H and O–H groups in total. The summed E-state index contributed by atoms with van der Waals surface area (Å²) >= 11 is 0. The molecule has 4 heteroatoms. The number of aliphatic hydroxyl groups excluding tert-OH is 2. The van der Waals surface area contributed by atoms with Gasteiger partial charge in [0.25, 0.3) is 0 Å². The van der Waals surface area contributed by atoms with Crippen molar-refractivity contribution in [2.75, 3.05) is 0 Å². The molecule has 4 fully saturated rings. The van der Waals surface area contributed by atoms with Crippen molar-refractivity contribution in [3.8, 4) is 0 Å². The SMILES string of the molecule is CC1(C)CC[C@]2(C(=O)OCc3ccccc3)CC[C@]3(C)C(=C2C1)CCC1[C@@]2(C)C[C@@H](O)[C@@H](O)C(C)(C)C2CC[C@]13C. The van der Waals surface area contributed by atoms with E-state index >= 15 is 0 Å². The predicted octanol–water partition coefficient (Wildman–Crippen LogP) is 8.01. The molecule has 41 heavy (non-hydrogen) atoms. The van der Waals surface area contributed by atoms with Gasteiger partial charge < -0.3 is 14.9 Å². The summed E-state index contributed by atoms with van der Waals surface area (Å²) in [6.07, 6.45) is 8.56. The van der Waals surface area contributed by atoms with Crippen LogP contribution in [0.4, 0.5) is 0 Å². The monoisotopic (exact) mass is 562 g/mol. The van der Waals surface area contributed by atoms with Crippen LogP contribution in [-0.4, -0.2) is 28.4 Å². The van der Waals surface area contributed by atoms with Crippen LogP contribution in [0.1, 0.15) is 118 Å². The molecule has 1 aromatic rings. The van der Waals surface area contributed by atoms with Crippen molar-refractivity contribution in [3.63, 3.8) is 0 Å². The second-order valence-electron chi connectivity index (χ2n) is 16.9. The van der Waals surface area contributed by atoms with Crippen molar-refractivity contribution in [1.82, 2.24) is 0 Å². The highest BCUT2D eigenvalue weighted by Crippen LogP contribution is 2.75. The fourth-order valence-corrected chi connectivity index (χ4v) is 11.6. The maximum atomic E-state index is 14.1. The van der Waals surface area contributed by atoms with Crippen LogP contribution >= 0.6 is 0 Å². The van der Waals surface area contributed by atoms with Crippen LogP contribution in [0, 0.1) is 44.3 Å². The first-order chi connectivity index (χ1) is 19.1. The molecular formula is C37H54O4. The van der Waals surface area contributed by atoms with E-state index in [-0.39, 0.29) is 33.0 Å². The number of aliphatic hydroxyl groups is 2. The maximum Gasteiger partial charge on any atom is 0.316 e.